The van der Waals surface area contributed by atoms with Crippen LogP contribution in [-0.2, 0) is 0 Å². The molecule has 0 aliphatic heterocycles. The van der Waals surface area contributed by atoms with E-state index in [0.717, 1.165) is 0 Å². The van der Waals surface area contributed by atoms with Gasteiger partial charge in [0.15, 0.2) is 11.2 Å². The Morgan fingerprint density at radius 1 is 1.15 bits per heavy atom. The Kier molecular flexibility index (Phi) is 4.48. The summed E-state index contributed by atoms with van der Waals surface area (Å²) in [6.07, 6.45) is 1.65. The second-order valence-corrected chi connectivity index (χ2v) is 6.10. The van der Waals surface area contributed by atoms with Gasteiger partial charge in [-0.2, -0.15) is 4.98 Å². The average Bonchev–Trinajstić information content (AvgIpc) is 3.12. The molecule has 1 N–H and O–H groups in total. The van der Waals surface area contributed by atoms with Gasteiger partial charge < -0.3 is 14.5 Å². The zero-order valence-corrected chi connectivity index (χ0v) is 15.0. The molecule has 0 bridgehead atoms. The van der Waals surface area contributed by atoms with E-state index in [1.165, 1.54) is 7.11 Å². The number of pyridine rings is 1. The zero-order chi connectivity index (χ0) is 18.8. The maximum atomic E-state index is 12.6. The van der Waals surface area contributed by atoms with Crippen LogP contribution in [0.4, 0.5) is 5.69 Å². The molecule has 0 saturated carbocycles. The molecule has 0 saturated heterocycles. The highest BCUT2D eigenvalue weighted by Gasteiger charge is 2.15. The minimum Gasteiger partial charge on any atom is -0.495 e. The van der Waals surface area contributed by atoms with Gasteiger partial charge in [0, 0.05) is 11.8 Å². The number of benzene rings is 2. The lowest BCUT2D eigenvalue weighted by atomic mass is 10.1. The summed E-state index contributed by atoms with van der Waals surface area (Å²) in [6, 6.07) is 15.7. The van der Waals surface area contributed by atoms with Crippen molar-refractivity contribution in [2.45, 2.75) is 0 Å². The Balaban J connectivity index is 1.70. The van der Waals surface area contributed by atoms with Crippen LogP contribution in [-0.4, -0.2) is 23.0 Å². The van der Waals surface area contributed by atoms with Crippen molar-refractivity contribution >= 4 is 34.4 Å². The lowest BCUT2D eigenvalue weighted by Crippen LogP contribution is -2.13. The van der Waals surface area contributed by atoms with Crippen molar-refractivity contribution in [3.63, 3.8) is 0 Å². The van der Waals surface area contributed by atoms with Crippen molar-refractivity contribution in [2.75, 3.05) is 12.4 Å². The van der Waals surface area contributed by atoms with Crippen molar-refractivity contribution < 1.29 is 13.9 Å². The van der Waals surface area contributed by atoms with Gasteiger partial charge in [0.1, 0.15) is 5.75 Å². The summed E-state index contributed by atoms with van der Waals surface area (Å²) in [4.78, 5) is 21.1. The third kappa shape index (κ3) is 3.35. The first-order valence-electron chi connectivity index (χ1n) is 8.11. The lowest BCUT2D eigenvalue weighted by molar-refractivity contribution is 0.102. The van der Waals surface area contributed by atoms with Gasteiger partial charge in [-0.1, -0.05) is 23.7 Å². The second-order valence-electron chi connectivity index (χ2n) is 5.69. The first-order valence-corrected chi connectivity index (χ1v) is 8.49. The van der Waals surface area contributed by atoms with E-state index in [4.69, 9.17) is 20.8 Å². The summed E-state index contributed by atoms with van der Waals surface area (Å²) in [5, 5.41) is 3.20. The van der Waals surface area contributed by atoms with Crippen LogP contribution in [0.2, 0.25) is 5.02 Å². The van der Waals surface area contributed by atoms with Crippen molar-refractivity contribution in [1.29, 1.82) is 0 Å². The first kappa shape index (κ1) is 17.1. The Morgan fingerprint density at radius 2 is 2.00 bits per heavy atom. The summed E-state index contributed by atoms with van der Waals surface area (Å²) < 4.78 is 11.1. The number of aromatic nitrogens is 2. The van der Waals surface area contributed by atoms with Crippen LogP contribution in [0.15, 0.2) is 65.2 Å². The van der Waals surface area contributed by atoms with Crippen molar-refractivity contribution in [1.82, 2.24) is 9.97 Å². The summed E-state index contributed by atoms with van der Waals surface area (Å²) >= 11 is 6.11. The topological polar surface area (TPSA) is 77.2 Å². The van der Waals surface area contributed by atoms with Gasteiger partial charge in [0.05, 0.1) is 23.4 Å². The highest BCUT2D eigenvalue weighted by atomic mass is 35.5. The van der Waals surface area contributed by atoms with Crippen LogP contribution in [0, 0.1) is 0 Å². The number of amides is 1. The van der Waals surface area contributed by atoms with E-state index in [2.05, 4.69) is 15.3 Å². The highest BCUT2D eigenvalue weighted by molar-refractivity contribution is 6.34. The molecule has 4 rings (SSSR count). The Morgan fingerprint density at radius 3 is 2.78 bits per heavy atom. The summed E-state index contributed by atoms with van der Waals surface area (Å²) in [7, 11) is 1.53. The van der Waals surface area contributed by atoms with E-state index in [0.29, 0.717) is 44.7 Å². The van der Waals surface area contributed by atoms with Gasteiger partial charge in [0.2, 0.25) is 5.89 Å². The predicted molar refractivity (Wildman–Crippen MR) is 103 cm³/mol. The van der Waals surface area contributed by atoms with Crippen molar-refractivity contribution in [2.24, 2.45) is 0 Å². The number of rotatable bonds is 4. The maximum Gasteiger partial charge on any atom is 0.257 e. The molecule has 0 spiro atoms. The molecule has 2 aromatic carbocycles. The number of fused-ring (bicyclic) bond motifs is 1. The van der Waals surface area contributed by atoms with E-state index >= 15 is 0 Å². The van der Waals surface area contributed by atoms with E-state index in [-0.39, 0.29) is 5.91 Å². The van der Waals surface area contributed by atoms with Crippen LogP contribution < -0.4 is 10.1 Å². The summed E-state index contributed by atoms with van der Waals surface area (Å²) in [6.45, 7) is 0. The van der Waals surface area contributed by atoms with Gasteiger partial charge in [-0.15, -0.1) is 0 Å². The lowest BCUT2D eigenvalue weighted by Gasteiger charge is -2.12. The number of ether oxygens (including phenoxy) is 1. The van der Waals surface area contributed by atoms with Crippen LogP contribution in [0.3, 0.4) is 0 Å². The number of carbonyl (C=O) groups is 1. The largest absolute Gasteiger partial charge is 0.495 e. The quantitative estimate of drug-likeness (QED) is 0.551. The van der Waals surface area contributed by atoms with Crippen LogP contribution in [0.1, 0.15) is 10.4 Å². The van der Waals surface area contributed by atoms with E-state index in [1.807, 2.05) is 0 Å². The van der Waals surface area contributed by atoms with Gasteiger partial charge in [-0.3, -0.25) is 4.79 Å². The molecule has 0 radical (unpaired) electrons. The molecule has 0 atom stereocenters. The molecule has 0 aliphatic rings. The monoisotopic (exact) mass is 379 g/mol. The fourth-order valence-electron chi connectivity index (χ4n) is 2.67. The first-order chi connectivity index (χ1) is 13.2. The number of nitrogens with one attached hydrogen (secondary N) is 1. The number of carbonyl (C=O) groups excluding carboxylic acids is 1. The van der Waals surface area contributed by atoms with Crippen molar-refractivity contribution in [3.8, 4) is 17.2 Å². The number of hydrogen-bond acceptors (Lipinski definition) is 5. The van der Waals surface area contributed by atoms with Crippen LogP contribution >= 0.6 is 11.6 Å². The molecule has 6 nitrogen and oxygen atoms in total. The zero-order valence-electron chi connectivity index (χ0n) is 14.3. The smallest absolute Gasteiger partial charge is 0.257 e. The maximum absolute atomic E-state index is 12.6. The third-order valence-electron chi connectivity index (χ3n) is 3.98. The SMILES string of the molecule is COc1ccc(-c2nc3ncccc3o2)cc1NC(=O)c1ccccc1Cl. The predicted octanol–water partition coefficient (Wildman–Crippen LogP) is 4.80. The number of halogens is 1. The standard InChI is InChI=1S/C20H14ClN3O3/c1-26-16-9-8-12(20-24-18-17(27-20)7-4-10-22-18)11-15(16)23-19(25)13-5-2-3-6-14(13)21/h2-11H,1H3,(H,23,25). The molecular weight excluding hydrogens is 366 g/mol. The summed E-state index contributed by atoms with van der Waals surface area (Å²) in [5.74, 6) is 0.572. The minimum atomic E-state index is -0.338. The molecule has 4 aromatic rings. The highest BCUT2D eigenvalue weighted by Crippen LogP contribution is 2.32. The van der Waals surface area contributed by atoms with Gasteiger partial charge in [-0.25, -0.2) is 4.98 Å². The number of oxazole rings is 1. The van der Waals surface area contributed by atoms with E-state index in [9.17, 15) is 4.79 Å². The van der Waals surface area contributed by atoms with Gasteiger partial charge in [0.25, 0.3) is 5.91 Å². The molecule has 27 heavy (non-hydrogen) atoms. The van der Waals surface area contributed by atoms with Crippen LogP contribution in [0.25, 0.3) is 22.7 Å². The number of nitrogens with zero attached hydrogens (tertiary/aromatic N) is 2. The second kappa shape index (κ2) is 7.09. The molecule has 1 amide bonds. The fraction of sp³-hybridized carbons (Fsp3) is 0.0500. The van der Waals surface area contributed by atoms with E-state index < -0.39 is 0 Å². The molecule has 0 unspecified atom stereocenters. The molecular formula is C20H14ClN3O3. The molecule has 7 heteroatoms. The fourth-order valence-corrected chi connectivity index (χ4v) is 2.89. The normalized spacial score (nSPS) is 10.7. The Hall–Kier alpha value is -3.38. The average molecular weight is 380 g/mol. The number of methoxy groups -OCH3 is 1. The van der Waals surface area contributed by atoms with Gasteiger partial charge in [-0.05, 0) is 42.5 Å². The molecule has 134 valence electrons. The molecule has 2 heterocycles. The minimum absolute atomic E-state index is 0.338. The molecule has 0 aliphatic carbocycles. The number of anilines is 1. The molecule has 0 fully saturated rings. The van der Waals surface area contributed by atoms with Crippen LogP contribution in [0.5, 0.6) is 5.75 Å². The molecule has 2 aromatic heterocycles. The van der Waals surface area contributed by atoms with Gasteiger partial charge >= 0.3 is 0 Å². The Bertz CT molecular complexity index is 1110. The van der Waals surface area contributed by atoms with E-state index in [1.54, 1.807) is 60.8 Å². The summed E-state index contributed by atoms with van der Waals surface area (Å²) in [5.41, 5.74) is 2.64. The number of hydrogen-bond donors (Lipinski definition) is 1. The Labute approximate surface area is 159 Å². The third-order valence-corrected chi connectivity index (χ3v) is 4.31. The van der Waals surface area contributed by atoms with Crippen molar-refractivity contribution in [3.05, 3.63) is 71.4 Å².